The van der Waals surface area contributed by atoms with Gasteiger partial charge in [0.1, 0.15) is 0 Å². The SMILES string of the molecule is CC.CCOC(=O)c1cc(C)c(N)c(C)c1. The van der Waals surface area contributed by atoms with Gasteiger partial charge in [-0.3, -0.25) is 0 Å². The van der Waals surface area contributed by atoms with Crippen LogP contribution in [0.1, 0.15) is 42.3 Å². The molecule has 0 heterocycles. The molecular formula is C13H21NO2. The molecule has 3 nitrogen and oxygen atoms in total. The van der Waals surface area contributed by atoms with Crippen LogP contribution < -0.4 is 5.73 Å². The number of aryl methyl sites for hydroxylation is 2. The Morgan fingerprint density at radius 2 is 1.69 bits per heavy atom. The molecule has 0 fully saturated rings. The van der Waals surface area contributed by atoms with E-state index in [0.29, 0.717) is 12.2 Å². The summed E-state index contributed by atoms with van der Waals surface area (Å²) >= 11 is 0. The van der Waals surface area contributed by atoms with Gasteiger partial charge in [-0.15, -0.1) is 0 Å². The molecule has 2 N–H and O–H groups in total. The second kappa shape index (κ2) is 6.88. The number of nitrogens with two attached hydrogens (primary N) is 1. The van der Waals surface area contributed by atoms with Crippen molar-refractivity contribution in [1.82, 2.24) is 0 Å². The van der Waals surface area contributed by atoms with Crippen molar-refractivity contribution in [3.63, 3.8) is 0 Å². The molecule has 0 aliphatic rings. The number of rotatable bonds is 2. The summed E-state index contributed by atoms with van der Waals surface area (Å²) in [6, 6.07) is 3.50. The molecule has 1 aromatic rings. The molecular weight excluding hydrogens is 202 g/mol. The normalized spacial score (nSPS) is 9.06. The molecule has 0 aliphatic carbocycles. The maximum Gasteiger partial charge on any atom is 0.338 e. The van der Waals surface area contributed by atoms with Crippen molar-refractivity contribution in [3.8, 4) is 0 Å². The van der Waals surface area contributed by atoms with Gasteiger partial charge in [0.2, 0.25) is 0 Å². The van der Waals surface area contributed by atoms with Crippen LogP contribution in [0.25, 0.3) is 0 Å². The zero-order chi connectivity index (χ0) is 12.7. The van der Waals surface area contributed by atoms with E-state index >= 15 is 0 Å². The number of anilines is 1. The Bertz CT molecular complexity index is 336. The summed E-state index contributed by atoms with van der Waals surface area (Å²) in [5.74, 6) is -0.293. The first kappa shape index (κ1) is 14.5. The van der Waals surface area contributed by atoms with E-state index in [-0.39, 0.29) is 5.97 Å². The first-order valence-corrected chi connectivity index (χ1v) is 5.60. The quantitative estimate of drug-likeness (QED) is 0.619. The summed E-state index contributed by atoms with van der Waals surface area (Å²) in [4.78, 5) is 11.4. The van der Waals surface area contributed by atoms with Crippen LogP contribution in [0.2, 0.25) is 0 Å². The number of hydrogen-bond acceptors (Lipinski definition) is 3. The smallest absolute Gasteiger partial charge is 0.338 e. The predicted octanol–water partition coefficient (Wildman–Crippen LogP) is 3.09. The standard InChI is InChI=1S/C11H15NO2.C2H6/c1-4-14-11(13)9-5-7(2)10(12)8(3)6-9;1-2/h5-6H,4,12H2,1-3H3;1-2H3. The molecule has 1 rings (SSSR count). The molecule has 0 spiro atoms. The summed E-state index contributed by atoms with van der Waals surface area (Å²) < 4.78 is 4.90. The summed E-state index contributed by atoms with van der Waals surface area (Å²) in [6.45, 7) is 9.94. The van der Waals surface area contributed by atoms with Gasteiger partial charge in [-0.05, 0) is 44.0 Å². The number of nitrogen functional groups attached to an aromatic ring is 1. The van der Waals surface area contributed by atoms with Crippen molar-refractivity contribution in [2.24, 2.45) is 0 Å². The van der Waals surface area contributed by atoms with E-state index in [1.807, 2.05) is 27.7 Å². The summed E-state index contributed by atoms with van der Waals surface area (Å²) in [5.41, 5.74) is 8.89. The fourth-order valence-corrected chi connectivity index (χ4v) is 1.31. The molecule has 0 aliphatic heterocycles. The summed E-state index contributed by atoms with van der Waals surface area (Å²) in [7, 11) is 0. The van der Waals surface area contributed by atoms with Crippen molar-refractivity contribution in [3.05, 3.63) is 28.8 Å². The molecule has 0 bridgehead atoms. The van der Waals surface area contributed by atoms with Crippen LogP contribution in [-0.2, 0) is 4.74 Å². The molecule has 90 valence electrons. The minimum Gasteiger partial charge on any atom is -0.462 e. The molecule has 0 saturated carbocycles. The molecule has 16 heavy (non-hydrogen) atoms. The molecule has 0 radical (unpaired) electrons. The third-order valence-corrected chi connectivity index (χ3v) is 2.10. The fourth-order valence-electron chi connectivity index (χ4n) is 1.31. The highest BCUT2D eigenvalue weighted by Crippen LogP contribution is 2.18. The number of benzene rings is 1. The van der Waals surface area contributed by atoms with E-state index in [9.17, 15) is 4.79 Å². The van der Waals surface area contributed by atoms with Gasteiger partial charge in [0, 0.05) is 5.69 Å². The average Bonchev–Trinajstić information content (AvgIpc) is 2.28. The van der Waals surface area contributed by atoms with Gasteiger partial charge < -0.3 is 10.5 Å². The first-order valence-electron chi connectivity index (χ1n) is 5.60. The molecule has 0 atom stereocenters. The Hall–Kier alpha value is -1.51. The monoisotopic (exact) mass is 223 g/mol. The minimum atomic E-state index is -0.293. The highest BCUT2D eigenvalue weighted by Gasteiger charge is 2.09. The van der Waals surface area contributed by atoms with Gasteiger partial charge in [-0.1, -0.05) is 13.8 Å². The maximum absolute atomic E-state index is 11.4. The Morgan fingerprint density at radius 3 is 2.06 bits per heavy atom. The van der Waals surface area contributed by atoms with Gasteiger partial charge in [-0.2, -0.15) is 0 Å². The topological polar surface area (TPSA) is 52.3 Å². The van der Waals surface area contributed by atoms with Crippen LogP contribution in [-0.4, -0.2) is 12.6 Å². The Balaban J connectivity index is 0.00000106. The van der Waals surface area contributed by atoms with Crippen molar-refractivity contribution < 1.29 is 9.53 Å². The van der Waals surface area contributed by atoms with Crippen LogP contribution in [0, 0.1) is 13.8 Å². The largest absolute Gasteiger partial charge is 0.462 e. The van der Waals surface area contributed by atoms with Gasteiger partial charge in [0.25, 0.3) is 0 Å². The van der Waals surface area contributed by atoms with Crippen LogP contribution in [0.3, 0.4) is 0 Å². The zero-order valence-electron chi connectivity index (χ0n) is 10.8. The Labute approximate surface area is 97.6 Å². The second-order valence-electron chi connectivity index (χ2n) is 3.24. The van der Waals surface area contributed by atoms with Crippen LogP contribution in [0.4, 0.5) is 5.69 Å². The van der Waals surface area contributed by atoms with Crippen molar-refractivity contribution >= 4 is 11.7 Å². The van der Waals surface area contributed by atoms with Gasteiger partial charge >= 0.3 is 5.97 Å². The zero-order valence-corrected chi connectivity index (χ0v) is 10.8. The average molecular weight is 223 g/mol. The molecule has 3 heteroatoms. The van der Waals surface area contributed by atoms with Gasteiger partial charge in [-0.25, -0.2) is 4.79 Å². The van der Waals surface area contributed by atoms with Crippen LogP contribution >= 0.6 is 0 Å². The number of esters is 1. The molecule has 0 aromatic heterocycles. The lowest BCUT2D eigenvalue weighted by Gasteiger charge is -2.07. The van der Waals surface area contributed by atoms with Crippen molar-refractivity contribution in [2.45, 2.75) is 34.6 Å². The number of carbonyl (C=O) groups excluding carboxylic acids is 1. The second-order valence-corrected chi connectivity index (χ2v) is 3.24. The van der Waals surface area contributed by atoms with Gasteiger partial charge in [0.15, 0.2) is 0 Å². The first-order chi connectivity index (χ1) is 7.56. The van der Waals surface area contributed by atoms with Gasteiger partial charge in [0.05, 0.1) is 12.2 Å². The van der Waals surface area contributed by atoms with Crippen LogP contribution in [0.15, 0.2) is 12.1 Å². The third kappa shape index (κ3) is 3.57. The van der Waals surface area contributed by atoms with Crippen molar-refractivity contribution in [2.75, 3.05) is 12.3 Å². The Kier molecular flexibility index (Phi) is 6.23. The number of ether oxygens (including phenoxy) is 1. The van der Waals surface area contributed by atoms with E-state index in [2.05, 4.69) is 0 Å². The van der Waals surface area contributed by atoms with E-state index in [1.165, 1.54) is 0 Å². The maximum atomic E-state index is 11.4. The van der Waals surface area contributed by atoms with E-state index in [1.54, 1.807) is 19.1 Å². The molecule has 0 amide bonds. The van der Waals surface area contributed by atoms with Crippen molar-refractivity contribution in [1.29, 1.82) is 0 Å². The molecule has 1 aromatic carbocycles. The number of carbonyl (C=O) groups is 1. The third-order valence-electron chi connectivity index (χ3n) is 2.10. The Morgan fingerprint density at radius 1 is 1.25 bits per heavy atom. The minimum absolute atomic E-state index is 0.293. The lowest BCUT2D eigenvalue weighted by molar-refractivity contribution is 0.0526. The highest BCUT2D eigenvalue weighted by atomic mass is 16.5. The lowest BCUT2D eigenvalue weighted by Crippen LogP contribution is -2.06. The predicted molar refractivity (Wildman–Crippen MR) is 67.6 cm³/mol. The lowest BCUT2D eigenvalue weighted by atomic mass is 10.0. The molecule has 0 saturated heterocycles. The fraction of sp³-hybridized carbons (Fsp3) is 0.462. The number of hydrogen-bond donors (Lipinski definition) is 1. The summed E-state index contributed by atoms with van der Waals surface area (Å²) in [5, 5.41) is 0. The summed E-state index contributed by atoms with van der Waals surface area (Å²) in [6.07, 6.45) is 0. The van der Waals surface area contributed by atoms with E-state index < -0.39 is 0 Å². The van der Waals surface area contributed by atoms with E-state index in [0.717, 1.165) is 16.8 Å². The highest BCUT2D eigenvalue weighted by molar-refractivity contribution is 5.90. The van der Waals surface area contributed by atoms with Crippen LogP contribution in [0.5, 0.6) is 0 Å². The molecule has 0 unspecified atom stereocenters. The van der Waals surface area contributed by atoms with E-state index in [4.69, 9.17) is 10.5 Å².